The first-order chi connectivity index (χ1) is 13.4. The minimum atomic E-state index is -3.71. The first-order valence-electron chi connectivity index (χ1n) is 9.05. The van der Waals surface area contributed by atoms with Crippen molar-refractivity contribution in [3.8, 4) is 17.2 Å². The van der Waals surface area contributed by atoms with Crippen LogP contribution >= 0.6 is 0 Å². The predicted octanol–water partition coefficient (Wildman–Crippen LogP) is 3.58. The van der Waals surface area contributed by atoms with Gasteiger partial charge in [0, 0.05) is 24.9 Å². The van der Waals surface area contributed by atoms with E-state index in [4.69, 9.17) is 9.47 Å². The molecule has 28 heavy (non-hydrogen) atoms. The van der Waals surface area contributed by atoms with Crippen molar-refractivity contribution in [2.24, 2.45) is 4.99 Å². The molecule has 2 rings (SSSR count). The molecule has 152 valence electrons. The first kappa shape index (κ1) is 21.7. The molecular formula is C20H26N2O5S. The summed E-state index contributed by atoms with van der Waals surface area (Å²) in [5, 5.41) is 9.97. The van der Waals surface area contributed by atoms with Crippen molar-refractivity contribution in [1.82, 2.24) is 4.31 Å². The monoisotopic (exact) mass is 406 g/mol. The molecule has 2 aromatic carbocycles. The highest BCUT2D eigenvalue weighted by molar-refractivity contribution is 7.89. The second-order valence-electron chi connectivity index (χ2n) is 5.84. The van der Waals surface area contributed by atoms with E-state index in [1.165, 1.54) is 29.8 Å². The van der Waals surface area contributed by atoms with Gasteiger partial charge in [-0.3, -0.25) is 4.99 Å². The Morgan fingerprint density at radius 1 is 1.11 bits per heavy atom. The lowest BCUT2D eigenvalue weighted by molar-refractivity contribution is 0.329. The van der Waals surface area contributed by atoms with Gasteiger partial charge in [-0.25, -0.2) is 8.42 Å². The Kier molecular flexibility index (Phi) is 7.42. The van der Waals surface area contributed by atoms with E-state index in [1.54, 1.807) is 45.0 Å². The average Bonchev–Trinajstić information content (AvgIpc) is 2.69. The Hall–Kier alpha value is -2.58. The van der Waals surface area contributed by atoms with E-state index in [0.29, 0.717) is 36.7 Å². The highest BCUT2D eigenvalue weighted by Gasteiger charge is 2.26. The first-order valence-corrected chi connectivity index (χ1v) is 10.5. The quantitative estimate of drug-likeness (QED) is 0.643. The SMILES string of the molecule is CCOc1ccc(N=Cc2cc(OC)ccc2O)cc1S(=O)(=O)N(CC)CC. The maximum Gasteiger partial charge on any atom is 0.246 e. The Bertz CT molecular complexity index is 938. The molecule has 0 amide bonds. The van der Waals surface area contributed by atoms with Gasteiger partial charge in [-0.2, -0.15) is 4.31 Å². The zero-order chi connectivity index (χ0) is 20.7. The Morgan fingerprint density at radius 3 is 2.43 bits per heavy atom. The minimum absolute atomic E-state index is 0.0477. The van der Waals surface area contributed by atoms with Crippen LogP contribution in [0.15, 0.2) is 46.3 Å². The van der Waals surface area contributed by atoms with Crippen LogP contribution in [0.3, 0.4) is 0 Å². The maximum atomic E-state index is 13.0. The third-order valence-corrected chi connectivity index (χ3v) is 6.21. The van der Waals surface area contributed by atoms with Gasteiger partial charge in [-0.05, 0) is 43.3 Å². The van der Waals surface area contributed by atoms with Crippen LogP contribution in [0.5, 0.6) is 17.2 Å². The molecule has 0 aliphatic heterocycles. The summed E-state index contributed by atoms with van der Waals surface area (Å²) >= 11 is 0. The van der Waals surface area contributed by atoms with Crippen molar-refractivity contribution in [2.45, 2.75) is 25.7 Å². The molecule has 1 N–H and O–H groups in total. The molecule has 0 heterocycles. The third kappa shape index (κ3) is 4.82. The van der Waals surface area contributed by atoms with E-state index < -0.39 is 10.0 Å². The minimum Gasteiger partial charge on any atom is -0.507 e. The van der Waals surface area contributed by atoms with Crippen LogP contribution in [-0.2, 0) is 10.0 Å². The highest BCUT2D eigenvalue weighted by atomic mass is 32.2. The Labute approximate surface area is 166 Å². The molecule has 8 heteroatoms. The average molecular weight is 407 g/mol. The number of rotatable bonds is 9. The molecule has 0 atom stereocenters. The number of phenolic OH excluding ortho intramolecular Hbond substituents is 1. The fourth-order valence-corrected chi connectivity index (χ4v) is 4.27. The molecule has 0 saturated heterocycles. The molecule has 0 aromatic heterocycles. The van der Waals surface area contributed by atoms with Crippen molar-refractivity contribution < 1.29 is 23.0 Å². The molecule has 0 spiro atoms. The van der Waals surface area contributed by atoms with E-state index in [0.717, 1.165) is 0 Å². The maximum absolute atomic E-state index is 13.0. The van der Waals surface area contributed by atoms with Gasteiger partial charge in [0.1, 0.15) is 22.1 Å². The molecule has 2 aromatic rings. The molecule has 0 saturated carbocycles. The fourth-order valence-electron chi connectivity index (χ4n) is 2.66. The molecule has 0 bridgehead atoms. The molecule has 0 radical (unpaired) electrons. The summed E-state index contributed by atoms with van der Waals surface area (Å²) in [5.74, 6) is 0.916. The van der Waals surface area contributed by atoms with Gasteiger partial charge < -0.3 is 14.6 Å². The van der Waals surface area contributed by atoms with Crippen molar-refractivity contribution in [2.75, 3.05) is 26.8 Å². The summed E-state index contributed by atoms with van der Waals surface area (Å²) in [6.45, 7) is 6.43. The Morgan fingerprint density at radius 2 is 1.82 bits per heavy atom. The number of hydrogen-bond acceptors (Lipinski definition) is 6. The van der Waals surface area contributed by atoms with Crippen LogP contribution in [0.2, 0.25) is 0 Å². The summed E-state index contributed by atoms with van der Waals surface area (Å²) in [4.78, 5) is 4.39. The number of benzene rings is 2. The largest absolute Gasteiger partial charge is 0.507 e. The molecule has 0 aliphatic carbocycles. The lowest BCUT2D eigenvalue weighted by atomic mass is 10.2. The summed E-state index contributed by atoms with van der Waals surface area (Å²) in [6.07, 6.45) is 1.46. The van der Waals surface area contributed by atoms with Gasteiger partial charge in [-0.1, -0.05) is 13.8 Å². The standard InChI is InChI=1S/C20H26N2O5S/c1-5-22(6-2)28(24,25)20-13-16(8-11-19(20)27-7-3)21-14-15-12-17(26-4)9-10-18(15)23/h8-14,23H,5-7H2,1-4H3. The zero-order valence-corrected chi connectivity index (χ0v) is 17.4. The number of phenols is 1. The lowest BCUT2D eigenvalue weighted by Gasteiger charge is -2.20. The molecule has 7 nitrogen and oxygen atoms in total. The number of ether oxygens (including phenoxy) is 2. The van der Waals surface area contributed by atoms with Crippen molar-refractivity contribution in [3.05, 3.63) is 42.0 Å². The molecule has 0 fully saturated rings. The normalized spacial score (nSPS) is 11.9. The topological polar surface area (TPSA) is 88.4 Å². The van der Waals surface area contributed by atoms with E-state index in [2.05, 4.69) is 4.99 Å². The summed E-state index contributed by atoms with van der Waals surface area (Å²) in [6, 6.07) is 9.53. The van der Waals surface area contributed by atoms with Crippen LogP contribution in [0.1, 0.15) is 26.3 Å². The van der Waals surface area contributed by atoms with Gasteiger partial charge in [0.25, 0.3) is 0 Å². The predicted molar refractivity (Wildman–Crippen MR) is 110 cm³/mol. The van der Waals surface area contributed by atoms with Crippen LogP contribution in [0.4, 0.5) is 5.69 Å². The van der Waals surface area contributed by atoms with E-state index >= 15 is 0 Å². The fraction of sp³-hybridized carbons (Fsp3) is 0.350. The van der Waals surface area contributed by atoms with Crippen molar-refractivity contribution in [3.63, 3.8) is 0 Å². The van der Waals surface area contributed by atoms with Gasteiger partial charge in [-0.15, -0.1) is 0 Å². The number of aromatic hydroxyl groups is 1. The van der Waals surface area contributed by atoms with Gasteiger partial charge >= 0.3 is 0 Å². The van der Waals surface area contributed by atoms with Crippen LogP contribution in [0.25, 0.3) is 0 Å². The van der Waals surface area contributed by atoms with Crippen molar-refractivity contribution in [1.29, 1.82) is 0 Å². The third-order valence-electron chi connectivity index (χ3n) is 4.14. The molecule has 0 aliphatic rings. The van der Waals surface area contributed by atoms with Crippen LogP contribution in [0, 0.1) is 0 Å². The Balaban J connectivity index is 2.48. The van der Waals surface area contributed by atoms with E-state index in [9.17, 15) is 13.5 Å². The van der Waals surface area contributed by atoms with Crippen LogP contribution < -0.4 is 9.47 Å². The number of methoxy groups -OCH3 is 1. The van der Waals surface area contributed by atoms with Crippen molar-refractivity contribution >= 4 is 21.9 Å². The highest BCUT2D eigenvalue weighted by Crippen LogP contribution is 2.31. The van der Waals surface area contributed by atoms with E-state index in [1.807, 2.05) is 0 Å². The smallest absolute Gasteiger partial charge is 0.246 e. The molecular weight excluding hydrogens is 380 g/mol. The second-order valence-corrected chi connectivity index (χ2v) is 7.74. The van der Waals surface area contributed by atoms with Gasteiger partial charge in [0.15, 0.2) is 0 Å². The van der Waals surface area contributed by atoms with Gasteiger partial charge in [0.2, 0.25) is 10.0 Å². The summed E-state index contributed by atoms with van der Waals surface area (Å²) in [5.41, 5.74) is 0.887. The summed E-state index contributed by atoms with van der Waals surface area (Å²) < 4.78 is 38.0. The van der Waals surface area contributed by atoms with Gasteiger partial charge in [0.05, 0.1) is 19.4 Å². The number of aliphatic imine (C=N–C) groups is 1. The lowest BCUT2D eigenvalue weighted by Crippen LogP contribution is -2.30. The zero-order valence-electron chi connectivity index (χ0n) is 16.5. The van der Waals surface area contributed by atoms with Crippen LogP contribution in [-0.4, -0.2) is 50.9 Å². The number of hydrogen-bond donors (Lipinski definition) is 1. The number of nitrogens with zero attached hydrogens (tertiary/aromatic N) is 2. The second kappa shape index (κ2) is 9.57. The number of sulfonamides is 1. The summed E-state index contributed by atoms with van der Waals surface area (Å²) in [7, 11) is -2.18. The van der Waals surface area contributed by atoms with E-state index in [-0.39, 0.29) is 16.4 Å². The molecule has 0 unspecified atom stereocenters.